The van der Waals surface area contributed by atoms with E-state index in [9.17, 15) is 16.8 Å². The van der Waals surface area contributed by atoms with Crippen LogP contribution in [0.2, 0.25) is 0 Å². The predicted molar refractivity (Wildman–Crippen MR) is 60.6 cm³/mol. The van der Waals surface area contributed by atoms with Crippen molar-refractivity contribution in [3.05, 3.63) is 24.0 Å². The minimum Gasteiger partial charge on any atom is -0.245 e. The first-order valence-corrected chi connectivity index (χ1v) is 8.39. The Morgan fingerprint density at radius 2 is 1.94 bits per heavy atom. The molecule has 1 rings (SSSR count). The maximum Gasteiger partial charge on any atom is 0.233 e. The van der Waals surface area contributed by atoms with Crippen LogP contribution in [0.25, 0.3) is 0 Å². The van der Waals surface area contributed by atoms with Crippen LogP contribution in [-0.4, -0.2) is 33.3 Å². The first-order valence-electron chi connectivity index (χ1n) is 4.26. The van der Waals surface area contributed by atoms with E-state index in [1.165, 1.54) is 12.3 Å². The lowest BCUT2D eigenvalue weighted by molar-refractivity contribution is 0.592. The van der Waals surface area contributed by atoms with Gasteiger partial charge in [0.15, 0.2) is 9.84 Å². The minimum atomic E-state index is -3.87. The maximum absolute atomic E-state index is 11.7. The highest BCUT2D eigenvalue weighted by Gasteiger charge is 2.18. The van der Waals surface area contributed by atoms with Crippen molar-refractivity contribution in [3.8, 4) is 6.07 Å². The van der Waals surface area contributed by atoms with Crippen molar-refractivity contribution in [1.29, 1.82) is 5.26 Å². The van der Waals surface area contributed by atoms with Gasteiger partial charge in [-0.15, -0.1) is 0 Å². The third-order valence-electron chi connectivity index (χ3n) is 1.80. The third-order valence-corrected chi connectivity index (χ3v) is 4.93. The molecule has 17 heavy (non-hydrogen) atoms. The molecule has 9 heteroatoms. The molecule has 0 spiro atoms. The van der Waals surface area contributed by atoms with Gasteiger partial charge in [0.05, 0.1) is 16.4 Å². The van der Waals surface area contributed by atoms with Crippen molar-refractivity contribution < 1.29 is 16.8 Å². The molecule has 0 radical (unpaired) electrons. The van der Waals surface area contributed by atoms with Gasteiger partial charge >= 0.3 is 0 Å². The minimum absolute atomic E-state index is 0.0557. The number of sulfone groups is 1. The summed E-state index contributed by atoms with van der Waals surface area (Å²) < 4.78 is 44.7. The van der Waals surface area contributed by atoms with Crippen LogP contribution in [0.15, 0.2) is 23.2 Å². The Kier molecular flexibility index (Phi) is 4.08. The van der Waals surface area contributed by atoms with Crippen molar-refractivity contribution >= 4 is 29.6 Å². The number of rotatable bonds is 4. The van der Waals surface area contributed by atoms with Gasteiger partial charge in [0.25, 0.3) is 0 Å². The molecule has 6 nitrogen and oxygen atoms in total. The molecule has 0 saturated carbocycles. The van der Waals surface area contributed by atoms with E-state index >= 15 is 0 Å². The molecule has 0 amide bonds. The molecule has 0 aliphatic carbocycles. The summed E-state index contributed by atoms with van der Waals surface area (Å²) >= 11 is 0. The molecule has 0 aliphatic rings. The Labute approximate surface area is 103 Å². The molecular weight excluding hydrogens is 288 g/mol. The second kappa shape index (κ2) is 5.00. The van der Waals surface area contributed by atoms with Gasteiger partial charge in [-0.1, -0.05) is 0 Å². The van der Waals surface area contributed by atoms with Crippen LogP contribution in [0.3, 0.4) is 0 Å². The molecule has 0 fully saturated rings. The maximum atomic E-state index is 11.7. The van der Waals surface area contributed by atoms with E-state index in [0.29, 0.717) is 0 Å². The Morgan fingerprint density at radius 1 is 1.29 bits per heavy atom. The van der Waals surface area contributed by atoms with Crippen molar-refractivity contribution in [3.63, 3.8) is 0 Å². The van der Waals surface area contributed by atoms with E-state index in [2.05, 4.69) is 4.98 Å². The highest BCUT2D eigenvalue weighted by Crippen LogP contribution is 2.12. The average Bonchev–Trinajstić information content (AvgIpc) is 2.26. The normalized spacial score (nSPS) is 12.0. The zero-order valence-electron chi connectivity index (χ0n) is 8.37. The number of pyridine rings is 1. The van der Waals surface area contributed by atoms with E-state index in [0.717, 1.165) is 6.07 Å². The molecule has 0 aromatic carbocycles. The van der Waals surface area contributed by atoms with Crippen molar-refractivity contribution in [1.82, 2.24) is 4.98 Å². The predicted octanol–water partition coefficient (Wildman–Crippen LogP) is 0.296. The summed E-state index contributed by atoms with van der Waals surface area (Å²) in [5, 5.41) is 8.56. The highest BCUT2D eigenvalue weighted by atomic mass is 35.7. The fraction of sp³-hybridized carbons (Fsp3) is 0.250. The van der Waals surface area contributed by atoms with E-state index in [1.807, 2.05) is 0 Å². The molecule has 0 unspecified atom stereocenters. The van der Waals surface area contributed by atoms with Crippen LogP contribution in [-0.2, 0) is 18.9 Å². The van der Waals surface area contributed by atoms with Crippen LogP contribution in [0.1, 0.15) is 5.69 Å². The van der Waals surface area contributed by atoms with Crippen LogP contribution < -0.4 is 0 Å². The van der Waals surface area contributed by atoms with E-state index < -0.39 is 30.4 Å². The Hall–Kier alpha value is -1.17. The number of hydrogen-bond acceptors (Lipinski definition) is 6. The zero-order valence-corrected chi connectivity index (χ0v) is 10.8. The van der Waals surface area contributed by atoms with Crippen molar-refractivity contribution in [2.24, 2.45) is 0 Å². The first kappa shape index (κ1) is 13.9. The van der Waals surface area contributed by atoms with Crippen LogP contribution in [0.5, 0.6) is 0 Å². The summed E-state index contributed by atoms with van der Waals surface area (Å²) in [6, 6.07) is 3.96. The second-order valence-corrected chi connectivity index (χ2v) is 8.06. The number of hydrogen-bond donors (Lipinski definition) is 0. The van der Waals surface area contributed by atoms with Gasteiger partial charge in [-0.25, -0.2) is 21.8 Å². The number of nitriles is 1. The van der Waals surface area contributed by atoms with Gasteiger partial charge in [0.1, 0.15) is 11.8 Å². The summed E-state index contributed by atoms with van der Waals surface area (Å²) in [4.78, 5) is 3.46. The molecule has 0 atom stereocenters. The van der Waals surface area contributed by atoms with E-state index in [-0.39, 0.29) is 10.6 Å². The summed E-state index contributed by atoms with van der Waals surface area (Å²) in [6.45, 7) is 0. The van der Waals surface area contributed by atoms with E-state index in [1.54, 1.807) is 6.07 Å². The van der Waals surface area contributed by atoms with Gasteiger partial charge in [0.2, 0.25) is 9.05 Å². The molecule has 0 saturated heterocycles. The lowest BCUT2D eigenvalue weighted by atomic mass is 10.4. The smallest absolute Gasteiger partial charge is 0.233 e. The fourth-order valence-electron chi connectivity index (χ4n) is 0.993. The lowest BCUT2D eigenvalue weighted by Gasteiger charge is -2.02. The largest absolute Gasteiger partial charge is 0.245 e. The molecule has 0 aliphatic heterocycles. The average molecular weight is 295 g/mol. The molecule has 1 heterocycles. The Bertz CT molecular complexity index is 661. The second-order valence-electron chi connectivity index (χ2n) is 3.05. The summed E-state index contributed by atoms with van der Waals surface area (Å²) in [6.07, 6.45) is 1.17. The first-order chi connectivity index (χ1) is 7.74. The van der Waals surface area contributed by atoms with Crippen molar-refractivity contribution in [2.45, 2.75) is 4.90 Å². The quantitative estimate of drug-likeness (QED) is 0.739. The molecule has 1 aromatic rings. The van der Waals surface area contributed by atoms with Crippen LogP contribution in [0, 0.1) is 11.3 Å². The number of nitrogens with zero attached hydrogens (tertiary/aromatic N) is 2. The summed E-state index contributed by atoms with van der Waals surface area (Å²) in [7, 11) is -2.72. The Balaban J connectivity index is 3.02. The van der Waals surface area contributed by atoms with Gasteiger partial charge in [0, 0.05) is 16.9 Å². The fourth-order valence-corrected chi connectivity index (χ4v) is 4.03. The highest BCUT2D eigenvalue weighted by molar-refractivity contribution is 8.14. The molecule has 0 bridgehead atoms. The molecular formula is C8H7ClN2O4S2. The monoisotopic (exact) mass is 294 g/mol. The Morgan fingerprint density at radius 3 is 2.47 bits per heavy atom. The van der Waals surface area contributed by atoms with Crippen LogP contribution >= 0.6 is 10.7 Å². The lowest BCUT2D eigenvalue weighted by Crippen LogP contribution is -2.14. The summed E-state index contributed by atoms with van der Waals surface area (Å²) in [5.74, 6) is -1.31. The van der Waals surface area contributed by atoms with Gasteiger partial charge in [-0.05, 0) is 12.1 Å². The molecule has 92 valence electrons. The standard InChI is InChI=1S/C8H7ClN2O4S2/c9-17(14,15)4-3-16(12,13)8-1-2-11-7(5-8)6-10/h1-2,5H,3-4H2. The van der Waals surface area contributed by atoms with Gasteiger partial charge in [-0.3, -0.25) is 0 Å². The zero-order chi connectivity index (χ0) is 13.1. The van der Waals surface area contributed by atoms with E-state index in [4.69, 9.17) is 15.9 Å². The molecule has 1 aromatic heterocycles. The number of aromatic nitrogens is 1. The topological polar surface area (TPSA) is 105 Å². The van der Waals surface area contributed by atoms with Crippen LogP contribution in [0.4, 0.5) is 0 Å². The van der Waals surface area contributed by atoms with Crippen molar-refractivity contribution in [2.75, 3.05) is 11.5 Å². The SMILES string of the molecule is N#Cc1cc(S(=O)(=O)CCS(=O)(=O)Cl)ccn1. The number of halogens is 1. The molecule has 0 N–H and O–H groups in total. The third kappa shape index (κ3) is 4.30. The summed E-state index contributed by atoms with van der Waals surface area (Å²) in [5.41, 5.74) is -0.0557. The van der Waals surface area contributed by atoms with Gasteiger partial charge < -0.3 is 0 Å². The van der Waals surface area contributed by atoms with Gasteiger partial charge in [-0.2, -0.15) is 5.26 Å².